The second-order valence-corrected chi connectivity index (χ2v) is 23.4. The number of allylic oxidation sites excluding steroid dienone is 15. The lowest BCUT2D eigenvalue weighted by Crippen LogP contribution is -2.70. The van der Waals surface area contributed by atoms with Gasteiger partial charge in [0.15, 0.2) is 0 Å². The first-order valence-corrected chi connectivity index (χ1v) is 27.6. The average molecular weight is 1080 g/mol. The molecule has 24 rings (SSSR count). The van der Waals surface area contributed by atoms with Crippen LogP contribution in [0.1, 0.15) is 91.6 Å². The van der Waals surface area contributed by atoms with Gasteiger partial charge < -0.3 is 0 Å². The Morgan fingerprint density at radius 1 is 0.277 bits per heavy atom. The van der Waals surface area contributed by atoms with Gasteiger partial charge in [-0.1, -0.05) is 57.2 Å². The van der Waals surface area contributed by atoms with E-state index in [9.17, 15) is 0 Å². The molecule has 3 spiro atoms. The van der Waals surface area contributed by atoms with Crippen molar-refractivity contribution in [1.29, 1.82) is 0 Å². The highest BCUT2D eigenvalue weighted by atomic mass is 15.6. The summed E-state index contributed by atoms with van der Waals surface area (Å²) in [5, 5.41) is 7.59. The molecule has 0 fully saturated rings. The molecular formula is C71H60N12+6. The second-order valence-electron chi connectivity index (χ2n) is 23.4. The Balaban J connectivity index is 0.0000000929. The van der Waals surface area contributed by atoms with Crippen LogP contribution in [0.25, 0.3) is 54.2 Å². The summed E-state index contributed by atoms with van der Waals surface area (Å²) in [6.45, 7) is 8.98. The van der Waals surface area contributed by atoms with Crippen LogP contribution in [0.5, 0.6) is 0 Å². The number of hydrogen-bond acceptors (Lipinski definition) is 0. The van der Waals surface area contributed by atoms with Gasteiger partial charge in [0, 0.05) is 109 Å². The molecule has 6 aromatic rings. The maximum absolute atomic E-state index is 2.53. The topological polar surface area (TPSA) is 47.6 Å². The Labute approximate surface area is 479 Å². The molecule has 398 valence electrons. The van der Waals surface area contributed by atoms with Crippen molar-refractivity contribution in [2.24, 2.45) is 0 Å². The Morgan fingerprint density at radius 2 is 0.614 bits per heavy atom. The highest BCUT2D eigenvalue weighted by Crippen LogP contribution is 2.49. The van der Waals surface area contributed by atoms with Crippen LogP contribution in [-0.2, 0) is 17.7 Å². The van der Waals surface area contributed by atoms with E-state index in [1.54, 1.807) is 0 Å². The molecule has 6 aromatic heterocycles. The molecule has 0 saturated carbocycles. The van der Waals surface area contributed by atoms with Crippen molar-refractivity contribution in [2.75, 3.05) is 0 Å². The van der Waals surface area contributed by atoms with E-state index < -0.39 is 17.7 Å². The van der Waals surface area contributed by atoms with E-state index in [0.717, 1.165) is 0 Å². The molecule has 3 atom stereocenters. The van der Waals surface area contributed by atoms with Gasteiger partial charge in [-0.15, -0.1) is 0 Å². The first-order valence-electron chi connectivity index (χ1n) is 27.6. The first-order chi connectivity index (χ1) is 38.8. The van der Waals surface area contributed by atoms with E-state index in [1.165, 1.54) is 157 Å². The number of nitrogens with zero attached hydrogens (tertiary/aromatic N) is 12. The van der Waals surface area contributed by atoms with Crippen LogP contribution < -0.4 is 32.1 Å². The van der Waals surface area contributed by atoms with E-state index in [1.807, 2.05) is 0 Å². The molecule has 0 bridgehead atoms. The molecule has 83 heavy (non-hydrogen) atoms. The zero-order valence-corrected chi connectivity index (χ0v) is 43.3. The zero-order valence-electron chi connectivity index (χ0n) is 43.3. The predicted octanol–water partition coefficient (Wildman–Crippen LogP) is 6.03. The minimum absolute atomic E-state index is 0. The summed E-state index contributed by atoms with van der Waals surface area (Å²) in [4.78, 5) is 0. The predicted molar refractivity (Wildman–Crippen MR) is 329 cm³/mol. The van der Waals surface area contributed by atoms with E-state index in [-0.39, 0.29) is 29.7 Å². The third-order valence-electron chi connectivity index (χ3n) is 20.1. The van der Waals surface area contributed by atoms with Crippen LogP contribution in [0, 0.1) is 0 Å². The van der Waals surface area contributed by atoms with Gasteiger partial charge >= 0.3 is 17.7 Å². The summed E-state index contributed by atoms with van der Waals surface area (Å²) >= 11 is 0. The molecule has 0 amide bonds. The monoisotopic (exact) mass is 1080 g/mol. The van der Waals surface area contributed by atoms with Crippen molar-refractivity contribution in [3.63, 3.8) is 0 Å². The summed E-state index contributed by atoms with van der Waals surface area (Å²) in [5.74, 6) is -1.34. The third-order valence-corrected chi connectivity index (χ3v) is 20.1. The number of hydrogen-bond donors (Lipinski definition) is 0. The van der Waals surface area contributed by atoms with Crippen LogP contribution in [0.2, 0.25) is 0 Å². The first kappa shape index (κ1) is 46.5. The van der Waals surface area contributed by atoms with Crippen molar-refractivity contribution < 1.29 is 27.5 Å². The maximum atomic E-state index is 2.53. The van der Waals surface area contributed by atoms with Gasteiger partial charge in [0.25, 0.3) is 0 Å². The quantitative estimate of drug-likeness (QED) is 0.167. The smallest absolute Gasteiger partial charge is 0.199 e. The van der Waals surface area contributed by atoms with Crippen LogP contribution in [0.3, 0.4) is 0 Å². The lowest BCUT2D eigenvalue weighted by molar-refractivity contribution is -0.837. The normalized spacial score (nSPS) is 25.5. The van der Waals surface area contributed by atoms with E-state index in [4.69, 9.17) is 0 Å². The van der Waals surface area contributed by atoms with Gasteiger partial charge in [0.1, 0.15) is 0 Å². The van der Waals surface area contributed by atoms with Gasteiger partial charge in [0.05, 0.1) is 83.0 Å². The Kier molecular flexibility index (Phi) is 7.90. The van der Waals surface area contributed by atoms with E-state index in [0.29, 0.717) is 0 Å². The molecule has 0 saturated heterocycles. The van der Waals surface area contributed by atoms with Crippen molar-refractivity contribution in [1.82, 2.24) is 27.4 Å². The molecule has 24 heterocycles. The summed E-state index contributed by atoms with van der Waals surface area (Å²) in [5.41, 5.74) is 28.3. The molecule has 12 nitrogen and oxygen atoms in total. The van der Waals surface area contributed by atoms with Gasteiger partial charge in [-0.25, -0.2) is 0 Å². The standard InChI is InChI=1S/C23H16N4.2C22H14N4.4CH4/c1-13-19-7-3-15-11-17-5-9-21-14(2)22-10-6-18-12-16-4-8-20(13)25(16)23(24(15)19,26(17)21)27(18)22;2*1-13-20-8-6-18-11-16-4-2-14-10-15-3-5-17-12-19-7-9-21(13)26(19)22(23(14)16,24(15)17)25(18)20;;;;/h3-12H,1-2H3;2*2-12H,1H3;4*1H4/q3*+2;;;;. The van der Waals surface area contributed by atoms with Crippen LogP contribution in [0.15, 0.2) is 197 Å². The molecular weight excluding hydrogens is 1020 g/mol. The molecule has 0 radical (unpaired) electrons. The highest BCUT2D eigenvalue weighted by molar-refractivity contribution is 6.19. The zero-order chi connectivity index (χ0) is 51.2. The molecule has 0 aromatic carbocycles. The minimum atomic E-state index is -0.451. The van der Waals surface area contributed by atoms with Crippen LogP contribution >= 0.6 is 0 Å². The summed E-state index contributed by atoms with van der Waals surface area (Å²) in [7, 11) is 0. The SMILES string of the molecule is C.C.C.C.CC1=C2C=CC3=[N+]2C24n5c(ccc5C(C)=c5ccc(n52)=C3)C=C2C=CC1=[N+]24.CC1=C2C=CC3=[N+]2C24n5c(ccc5C=c5ccc(n52)=C3)C=C2C=CC1=[N+]24.CC1=C2C=CC3=[N+]2C24n5c(ccc5C=c5ccc(n52)=C3)C=C2C=CC1=[N+]24. The number of aromatic nitrogens is 6. The Bertz CT molecular complexity index is 5330. The molecule has 0 N–H and O–H groups in total. The molecule has 18 aliphatic heterocycles. The minimum Gasteiger partial charge on any atom is -0.199 e. The average Bonchev–Trinajstić information content (AvgIpc) is 1.61. The van der Waals surface area contributed by atoms with Gasteiger partial charge in [-0.3, -0.25) is 0 Å². The van der Waals surface area contributed by atoms with E-state index >= 15 is 0 Å². The fraction of sp³-hybridized carbons (Fsp3) is 0.155. The largest absolute Gasteiger partial charge is 0.553 e. The molecule has 18 aliphatic rings. The van der Waals surface area contributed by atoms with Crippen molar-refractivity contribution in [3.05, 3.63) is 263 Å². The van der Waals surface area contributed by atoms with Crippen molar-refractivity contribution in [2.45, 2.75) is 75.1 Å². The van der Waals surface area contributed by atoms with Crippen molar-refractivity contribution in [3.8, 4) is 0 Å². The molecule has 3 unspecified atom stereocenters. The Hall–Kier alpha value is -10.2. The summed E-state index contributed by atoms with van der Waals surface area (Å²) < 4.78 is 30.2. The maximum Gasteiger partial charge on any atom is 0.553 e. The fourth-order valence-electron chi connectivity index (χ4n) is 17.2. The number of rotatable bonds is 0. The van der Waals surface area contributed by atoms with Crippen LogP contribution in [-0.4, -0.2) is 89.1 Å². The summed E-state index contributed by atoms with van der Waals surface area (Å²) in [6, 6.07) is 27.1. The third kappa shape index (κ3) is 4.41. The van der Waals surface area contributed by atoms with Crippen molar-refractivity contribution >= 4 is 88.5 Å². The highest BCUT2D eigenvalue weighted by Gasteiger charge is 2.74. The fourth-order valence-corrected chi connectivity index (χ4v) is 17.2. The van der Waals surface area contributed by atoms with Gasteiger partial charge in [-0.05, 0) is 118 Å². The van der Waals surface area contributed by atoms with Gasteiger partial charge in [0.2, 0.25) is 68.5 Å². The van der Waals surface area contributed by atoms with Crippen LogP contribution in [0.4, 0.5) is 0 Å². The molecule has 0 aliphatic carbocycles. The lowest BCUT2D eigenvalue weighted by atomic mass is 10.0. The summed E-state index contributed by atoms with van der Waals surface area (Å²) in [6.07, 6.45) is 45.7. The second kappa shape index (κ2) is 14.1. The Morgan fingerprint density at radius 3 is 1.04 bits per heavy atom. The van der Waals surface area contributed by atoms with E-state index in [2.05, 4.69) is 277 Å². The molecule has 12 heteroatoms. The van der Waals surface area contributed by atoms with Gasteiger partial charge in [-0.2, -0.15) is 27.4 Å². The lowest BCUT2D eigenvalue weighted by Gasteiger charge is -2.38.